The molecule has 0 radical (unpaired) electrons. The Labute approximate surface area is 133 Å². The van der Waals surface area contributed by atoms with Crippen LogP contribution in [0.25, 0.3) is 0 Å². The lowest BCUT2D eigenvalue weighted by Gasteiger charge is -2.52. The van der Waals surface area contributed by atoms with Crippen molar-refractivity contribution in [3.63, 3.8) is 0 Å². The zero-order valence-corrected chi connectivity index (χ0v) is 14.2. The third-order valence-electron chi connectivity index (χ3n) is 5.70. The molecule has 1 saturated heterocycles. The highest BCUT2D eigenvalue weighted by molar-refractivity contribution is 9.09. The standard InChI is InChI=1S/C16H22BrNO3/c1-9-7-16(2)8-10(19)11(9)12-13(16)15(21)18(14(12)20)6-4-3-5-17/h9,11-13H,3-8H2,1-2H3/t9?,11-,12?,13?,16+/m0/s1. The summed E-state index contributed by atoms with van der Waals surface area (Å²) in [4.78, 5) is 39.2. The van der Waals surface area contributed by atoms with E-state index in [9.17, 15) is 14.4 Å². The van der Waals surface area contributed by atoms with Crippen LogP contribution in [0.2, 0.25) is 0 Å². The number of Topliss-reactive ketones (excluding diaryl/α,β-unsaturated/α-hetero) is 1. The third kappa shape index (κ3) is 2.11. The van der Waals surface area contributed by atoms with Crippen LogP contribution in [-0.2, 0) is 14.4 Å². The lowest BCUT2D eigenvalue weighted by molar-refractivity contribution is -0.157. The predicted molar refractivity (Wildman–Crippen MR) is 81.7 cm³/mol. The molecule has 0 aromatic carbocycles. The highest BCUT2D eigenvalue weighted by Crippen LogP contribution is 2.60. The van der Waals surface area contributed by atoms with Crippen molar-refractivity contribution >= 4 is 33.5 Å². The minimum atomic E-state index is -0.378. The summed E-state index contributed by atoms with van der Waals surface area (Å²) in [6.07, 6.45) is 3.13. The van der Waals surface area contributed by atoms with Crippen LogP contribution in [-0.4, -0.2) is 34.4 Å². The molecule has 5 heteroatoms. The molecule has 2 bridgehead atoms. The van der Waals surface area contributed by atoms with Crippen LogP contribution >= 0.6 is 15.9 Å². The van der Waals surface area contributed by atoms with Crippen LogP contribution in [0.5, 0.6) is 0 Å². The van der Waals surface area contributed by atoms with E-state index in [4.69, 9.17) is 0 Å². The number of halogens is 1. The Bertz CT molecular complexity index is 506. The molecule has 3 aliphatic carbocycles. The Morgan fingerprint density at radius 2 is 1.90 bits per heavy atom. The average Bonchev–Trinajstić information content (AvgIpc) is 2.64. The summed E-state index contributed by atoms with van der Waals surface area (Å²) in [6, 6.07) is 0. The summed E-state index contributed by atoms with van der Waals surface area (Å²) in [5, 5.41) is 0.881. The molecule has 1 heterocycles. The molecule has 2 amide bonds. The molecule has 0 N–H and O–H groups in total. The van der Waals surface area contributed by atoms with Crippen molar-refractivity contribution in [1.82, 2.24) is 4.90 Å². The van der Waals surface area contributed by atoms with E-state index in [1.54, 1.807) is 0 Å². The van der Waals surface area contributed by atoms with Crippen LogP contribution in [0.3, 0.4) is 0 Å². The first kappa shape index (κ1) is 15.2. The summed E-state index contributed by atoms with van der Waals surface area (Å²) in [5.41, 5.74) is -0.313. The third-order valence-corrected chi connectivity index (χ3v) is 6.26. The summed E-state index contributed by atoms with van der Waals surface area (Å²) in [5.74, 6) is -0.557. The lowest BCUT2D eigenvalue weighted by atomic mass is 9.48. The molecule has 0 aromatic heterocycles. The van der Waals surface area contributed by atoms with Crippen molar-refractivity contribution in [2.24, 2.45) is 29.1 Å². The molecule has 3 saturated carbocycles. The molecular weight excluding hydrogens is 334 g/mol. The van der Waals surface area contributed by atoms with Gasteiger partial charge >= 0.3 is 0 Å². The normalized spacial score (nSPS) is 41.9. The molecule has 4 nitrogen and oxygen atoms in total. The van der Waals surface area contributed by atoms with E-state index < -0.39 is 0 Å². The maximum atomic E-state index is 12.7. The van der Waals surface area contributed by atoms with E-state index in [1.165, 1.54) is 4.90 Å². The van der Waals surface area contributed by atoms with Gasteiger partial charge in [0.25, 0.3) is 0 Å². The Hall–Kier alpha value is -0.710. The van der Waals surface area contributed by atoms with Gasteiger partial charge in [0.15, 0.2) is 0 Å². The summed E-state index contributed by atoms with van der Waals surface area (Å²) in [6.45, 7) is 4.59. The number of carbonyl (C=O) groups excluding carboxylic acids is 3. The van der Waals surface area contributed by atoms with E-state index in [2.05, 4.69) is 22.9 Å². The molecule has 21 heavy (non-hydrogen) atoms. The number of hydrogen-bond acceptors (Lipinski definition) is 3. The number of ketones is 1. The fourth-order valence-corrected chi connectivity index (χ4v) is 5.39. The molecule has 0 aromatic rings. The number of carbonyl (C=O) groups is 3. The molecule has 5 atom stereocenters. The molecule has 0 spiro atoms. The van der Waals surface area contributed by atoms with Gasteiger partial charge in [0.05, 0.1) is 11.8 Å². The first-order chi connectivity index (χ1) is 9.90. The van der Waals surface area contributed by atoms with Crippen molar-refractivity contribution in [1.29, 1.82) is 0 Å². The minimum absolute atomic E-state index is 0.0218. The SMILES string of the molecule is CC1C[C@]2(C)CC(=O)[C@H]1C1C(=O)N(CCCCBr)C(=O)C12. The largest absolute Gasteiger partial charge is 0.299 e. The highest BCUT2D eigenvalue weighted by atomic mass is 79.9. The molecule has 4 rings (SSSR count). The zero-order chi connectivity index (χ0) is 15.4. The topological polar surface area (TPSA) is 54.5 Å². The number of rotatable bonds is 4. The van der Waals surface area contributed by atoms with E-state index in [-0.39, 0.29) is 46.7 Å². The van der Waals surface area contributed by atoms with Crippen molar-refractivity contribution in [3.8, 4) is 0 Å². The summed E-state index contributed by atoms with van der Waals surface area (Å²) < 4.78 is 0. The second kappa shape index (κ2) is 5.18. The molecular formula is C16H22BrNO3. The Morgan fingerprint density at radius 1 is 1.19 bits per heavy atom. The maximum Gasteiger partial charge on any atom is 0.233 e. The fourth-order valence-electron chi connectivity index (χ4n) is 4.99. The first-order valence-electron chi connectivity index (χ1n) is 7.84. The van der Waals surface area contributed by atoms with E-state index >= 15 is 0 Å². The van der Waals surface area contributed by atoms with Gasteiger partial charge in [-0.2, -0.15) is 0 Å². The van der Waals surface area contributed by atoms with Gasteiger partial charge in [-0.15, -0.1) is 0 Å². The van der Waals surface area contributed by atoms with Gasteiger partial charge in [-0.05, 0) is 30.6 Å². The van der Waals surface area contributed by atoms with Crippen molar-refractivity contribution in [2.45, 2.75) is 39.5 Å². The Balaban J connectivity index is 1.90. The van der Waals surface area contributed by atoms with Gasteiger partial charge in [0.2, 0.25) is 11.8 Å². The number of likely N-dealkylation sites (tertiary alicyclic amines) is 1. The van der Waals surface area contributed by atoms with Crippen LogP contribution < -0.4 is 0 Å². The monoisotopic (exact) mass is 355 g/mol. The number of alkyl halides is 1. The lowest BCUT2D eigenvalue weighted by Crippen LogP contribution is -2.56. The van der Waals surface area contributed by atoms with Crippen LogP contribution in [0.15, 0.2) is 0 Å². The highest BCUT2D eigenvalue weighted by Gasteiger charge is 2.66. The first-order valence-corrected chi connectivity index (χ1v) is 8.97. The van der Waals surface area contributed by atoms with Crippen LogP contribution in [0.1, 0.15) is 39.5 Å². The van der Waals surface area contributed by atoms with Crippen LogP contribution in [0, 0.1) is 29.1 Å². The van der Waals surface area contributed by atoms with E-state index in [0.717, 1.165) is 24.6 Å². The van der Waals surface area contributed by atoms with Gasteiger partial charge in [0.1, 0.15) is 5.78 Å². The molecule has 3 unspecified atom stereocenters. The van der Waals surface area contributed by atoms with Crippen molar-refractivity contribution in [2.75, 3.05) is 11.9 Å². The van der Waals surface area contributed by atoms with Crippen molar-refractivity contribution < 1.29 is 14.4 Å². The second-order valence-corrected chi connectivity index (χ2v) is 8.02. The van der Waals surface area contributed by atoms with E-state index in [0.29, 0.717) is 13.0 Å². The quantitative estimate of drug-likeness (QED) is 0.442. The van der Waals surface area contributed by atoms with Gasteiger partial charge in [0, 0.05) is 24.2 Å². The molecule has 4 fully saturated rings. The number of unbranched alkanes of at least 4 members (excludes halogenated alkanes) is 1. The molecule has 4 aliphatic rings. The smallest absolute Gasteiger partial charge is 0.233 e. The number of imide groups is 1. The van der Waals surface area contributed by atoms with Gasteiger partial charge in [-0.1, -0.05) is 29.8 Å². The number of hydrogen-bond donors (Lipinski definition) is 0. The van der Waals surface area contributed by atoms with E-state index in [1.807, 2.05) is 6.92 Å². The molecule has 1 aliphatic heterocycles. The molecule has 116 valence electrons. The predicted octanol–water partition coefficient (Wildman–Crippen LogP) is 2.40. The number of fused-ring (bicyclic) bond motifs is 2. The van der Waals surface area contributed by atoms with Gasteiger partial charge in [-0.3, -0.25) is 19.3 Å². The van der Waals surface area contributed by atoms with Crippen LogP contribution in [0.4, 0.5) is 0 Å². The van der Waals surface area contributed by atoms with Crippen molar-refractivity contribution in [3.05, 3.63) is 0 Å². The summed E-state index contributed by atoms with van der Waals surface area (Å²) in [7, 11) is 0. The average molecular weight is 356 g/mol. The summed E-state index contributed by atoms with van der Waals surface area (Å²) >= 11 is 3.37. The number of amides is 2. The Kier molecular flexibility index (Phi) is 3.75. The number of nitrogens with zero attached hydrogens (tertiary/aromatic N) is 1. The Morgan fingerprint density at radius 3 is 2.52 bits per heavy atom. The van der Waals surface area contributed by atoms with Gasteiger partial charge < -0.3 is 0 Å². The maximum absolute atomic E-state index is 12.7. The second-order valence-electron chi connectivity index (χ2n) is 7.23. The fraction of sp³-hybridized carbons (Fsp3) is 0.812. The minimum Gasteiger partial charge on any atom is -0.299 e. The zero-order valence-electron chi connectivity index (χ0n) is 12.6. The van der Waals surface area contributed by atoms with Gasteiger partial charge in [-0.25, -0.2) is 0 Å².